The lowest BCUT2D eigenvalue weighted by atomic mass is 10.1. The molecule has 3 atom stereocenters. The summed E-state index contributed by atoms with van der Waals surface area (Å²) in [6.45, 7) is 14.0. The minimum Gasteiger partial charge on any atom is -0.496 e. The summed E-state index contributed by atoms with van der Waals surface area (Å²) in [6, 6.07) is 15.0. The van der Waals surface area contributed by atoms with Gasteiger partial charge in [-0.25, -0.2) is 0 Å². The number of nitrogens with zero attached hydrogens (tertiary/aromatic N) is 3. The molecule has 0 bridgehead atoms. The molecule has 0 radical (unpaired) electrons. The maximum Gasteiger partial charge on any atom is 0.230 e. The predicted octanol–water partition coefficient (Wildman–Crippen LogP) is 8.17. The van der Waals surface area contributed by atoms with E-state index in [0.29, 0.717) is 22.5 Å². The summed E-state index contributed by atoms with van der Waals surface area (Å²) in [5, 5.41) is 16.9. The largest absolute Gasteiger partial charge is 0.496 e. The number of anilines is 1. The van der Waals surface area contributed by atoms with Crippen LogP contribution in [0.2, 0.25) is 0 Å². The number of nitrogens with one attached hydrogen (secondary N) is 2. The molecule has 1 heterocycles. The van der Waals surface area contributed by atoms with Crippen molar-refractivity contribution in [1.82, 2.24) is 15.5 Å². The molecule has 46 heavy (non-hydrogen) atoms. The number of thioether (sulfide) groups is 1. The van der Waals surface area contributed by atoms with E-state index in [2.05, 4.69) is 25.8 Å². The van der Waals surface area contributed by atoms with Crippen LogP contribution in [0.1, 0.15) is 89.8 Å². The van der Waals surface area contributed by atoms with Gasteiger partial charge in [0.05, 0.1) is 37.5 Å². The van der Waals surface area contributed by atoms with Gasteiger partial charge >= 0.3 is 0 Å². The summed E-state index contributed by atoms with van der Waals surface area (Å²) >= 11 is 3.02. The predicted molar refractivity (Wildman–Crippen MR) is 195 cm³/mol. The Labute approximate surface area is 284 Å². The van der Waals surface area contributed by atoms with E-state index in [4.69, 9.17) is 9.47 Å². The molecular formula is C35H53N5O4S2. The zero-order chi connectivity index (χ0) is 34.5. The van der Waals surface area contributed by atoms with E-state index < -0.39 is 0 Å². The number of carbonyl (C=O) groups is 2. The third-order valence-corrected chi connectivity index (χ3v) is 9.02. The molecule has 2 amide bonds. The fourth-order valence-electron chi connectivity index (χ4n) is 4.91. The van der Waals surface area contributed by atoms with Gasteiger partial charge < -0.3 is 20.1 Å². The first kappa shape index (κ1) is 40.6. The molecule has 9 nitrogen and oxygen atoms in total. The Morgan fingerprint density at radius 2 is 1.43 bits per heavy atom. The van der Waals surface area contributed by atoms with E-state index in [9.17, 15) is 9.59 Å². The van der Waals surface area contributed by atoms with Gasteiger partial charge in [-0.2, -0.15) is 0 Å². The number of hydrogen-bond acceptors (Lipinski definition) is 9. The van der Waals surface area contributed by atoms with Gasteiger partial charge in [0.2, 0.25) is 16.9 Å². The molecule has 2 unspecified atom stereocenters. The first-order chi connectivity index (χ1) is 22.4. The van der Waals surface area contributed by atoms with E-state index >= 15 is 0 Å². The molecule has 0 spiro atoms. The summed E-state index contributed by atoms with van der Waals surface area (Å²) < 4.78 is 10.7. The van der Waals surface area contributed by atoms with Crippen molar-refractivity contribution < 1.29 is 19.1 Å². The topological polar surface area (TPSA) is 115 Å². The van der Waals surface area contributed by atoms with Crippen molar-refractivity contribution in [3.8, 4) is 11.5 Å². The van der Waals surface area contributed by atoms with Crippen LogP contribution < -0.4 is 20.1 Å². The number of benzene rings is 2. The van der Waals surface area contributed by atoms with Gasteiger partial charge in [0, 0.05) is 30.0 Å². The highest BCUT2D eigenvalue weighted by atomic mass is 32.2. The van der Waals surface area contributed by atoms with Crippen LogP contribution in [0.4, 0.5) is 5.13 Å². The quantitative estimate of drug-likeness (QED) is 0.120. The smallest absolute Gasteiger partial charge is 0.230 e. The number of rotatable bonds is 11. The lowest BCUT2D eigenvalue weighted by molar-refractivity contribution is -0.120. The molecule has 1 saturated carbocycles. The second kappa shape index (κ2) is 23.0. The first-order valence-corrected chi connectivity index (χ1v) is 17.9. The molecular weight excluding hydrogens is 619 g/mol. The summed E-state index contributed by atoms with van der Waals surface area (Å²) in [5.74, 6) is 1.73. The Hall–Kier alpha value is -3.44. The number of methoxy groups -OCH3 is 2. The number of aliphatic imine (C=N–C) groups is 1. The van der Waals surface area contributed by atoms with Gasteiger partial charge in [-0.05, 0) is 38.3 Å². The summed E-state index contributed by atoms with van der Waals surface area (Å²) in [5.41, 5.74) is 1.68. The van der Waals surface area contributed by atoms with Crippen LogP contribution in [0.3, 0.4) is 0 Å². The van der Waals surface area contributed by atoms with Crippen LogP contribution >= 0.6 is 23.1 Å². The standard InChI is InChI=1S/C29H35N5O4S2.3C2H6/c1-18(31-25(35)16-19-9-5-7-11-23(19)37-3)39-27(30-2)21-13-14-22(15-21)28-33-34-29(40-28)32-26(36)17-20-10-6-8-12-24(20)38-4;3*1-2/h5-12,18,21-22H,13-17H2,1-4H3,(H,31,35)(H,32,34,36);3*1-2H3/t18?,21?,22-;;;/m0.../s1. The molecule has 1 aliphatic rings. The molecule has 1 fully saturated rings. The zero-order valence-corrected chi connectivity index (χ0v) is 30.8. The second-order valence-corrected chi connectivity index (χ2v) is 11.9. The molecule has 1 aliphatic carbocycles. The van der Waals surface area contributed by atoms with Crippen LogP contribution in [0, 0.1) is 5.92 Å². The lowest BCUT2D eigenvalue weighted by Gasteiger charge is -2.19. The van der Waals surface area contributed by atoms with E-state index in [-0.39, 0.29) is 35.9 Å². The fourth-order valence-corrected chi connectivity index (χ4v) is 6.88. The van der Waals surface area contributed by atoms with E-state index in [1.54, 1.807) is 33.0 Å². The lowest BCUT2D eigenvalue weighted by Crippen LogP contribution is -2.33. The molecule has 2 aromatic carbocycles. The number of para-hydroxylation sites is 2. The SMILES string of the molecule is CC.CC.CC.CN=C(SC(C)NC(=O)Cc1ccccc1OC)C1CC[C@H](c2nnc(NC(=O)Cc3ccccc3OC)s2)C1. The van der Waals surface area contributed by atoms with Crippen molar-refractivity contribution in [2.24, 2.45) is 10.9 Å². The highest BCUT2D eigenvalue weighted by Gasteiger charge is 2.32. The Bertz CT molecular complexity index is 1350. The van der Waals surface area contributed by atoms with Crippen LogP contribution in [0.25, 0.3) is 0 Å². The van der Waals surface area contributed by atoms with Gasteiger partial charge in [-0.15, -0.1) is 10.2 Å². The number of amides is 2. The average molecular weight is 672 g/mol. The number of aromatic nitrogens is 2. The molecule has 2 N–H and O–H groups in total. The zero-order valence-electron chi connectivity index (χ0n) is 29.2. The number of ether oxygens (including phenoxy) is 2. The molecule has 0 saturated heterocycles. The van der Waals surface area contributed by atoms with Crippen LogP contribution in [-0.4, -0.2) is 53.7 Å². The summed E-state index contributed by atoms with van der Waals surface area (Å²) in [6.07, 6.45) is 3.33. The normalized spacial score (nSPS) is 15.8. The maximum atomic E-state index is 12.7. The van der Waals surface area contributed by atoms with Crippen LogP contribution in [0.15, 0.2) is 53.5 Å². The van der Waals surface area contributed by atoms with Gasteiger partial charge in [-0.3, -0.25) is 14.6 Å². The minimum atomic E-state index is -0.157. The minimum absolute atomic E-state index is 0.0570. The van der Waals surface area contributed by atoms with E-state index in [0.717, 1.165) is 40.4 Å². The van der Waals surface area contributed by atoms with Crippen molar-refractivity contribution in [2.45, 2.75) is 91.9 Å². The van der Waals surface area contributed by atoms with Crippen molar-refractivity contribution in [2.75, 3.05) is 26.6 Å². The van der Waals surface area contributed by atoms with Crippen LogP contribution in [0.5, 0.6) is 11.5 Å². The Balaban J connectivity index is 0.00000166. The summed E-state index contributed by atoms with van der Waals surface area (Å²) in [7, 11) is 5.01. The first-order valence-electron chi connectivity index (χ1n) is 16.2. The van der Waals surface area contributed by atoms with Gasteiger partial charge in [0.15, 0.2) is 0 Å². The monoisotopic (exact) mass is 671 g/mol. The Morgan fingerprint density at radius 1 is 0.891 bits per heavy atom. The molecule has 1 aromatic heterocycles. The van der Waals surface area contributed by atoms with Crippen molar-refractivity contribution in [1.29, 1.82) is 0 Å². The third-order valence-electron chi connectivity index (χ3n) is 6.79. The van der Waals surface area contributed by atoms with E-state index in [1.807, 2.05) is 97.0 Å². The molecule has 3 aromatic rings. The highest BCUT2D eigenvalue weighted by molar-refractivity contribution is 8.14. The van der Waals surface area contributed by atoms with Gasteiger partial charge in [-0.1, -0.05) is 101 Å². The highest BCUT2D eigenvalue weighted by Crippen LogP contribution is 2.42. The molecule has 11 heteroatoms. The number of hydrogen-bond donors (Lipinski definition) is 2. The van der Waals surface area contributed by atoms with Gasteiger partial charge in [0.25, 0.3) is 0 Å². The number of carbonyl (C=O) groups excluding carboxylic acids is 2. The molecule has 254 valence electrons. The van der Waals surface area contributed by atoms with Crippen molar-refractivity contribution >= 4 is 45.1 Å². The third kappa shape index (κ3) is 12.7. The fraction of sp³-hybridized carbons (Fsp3) is 0.514. The van der Waals surface area contributed by atoms with Crippen molar-refractivity contribution in [3.63, 3.8) is 0 Å². The Morgan fingerprint density at radius 3 is 1.98 bits per heavy atom. The molecule has 4 rings (SSSR count). The maximum absolute atomic E-state index is 12.7. The van der Waals surface area contributed by atoms with Gasteiger partial charge in [0.1, 0.15) is 16.5 Å². The van der Waals surface area contributed by atoms with E-state index in [1.165, 1.54) is 11.3 Å². The van der Waals surface area contributed by atoms with Crippen LogP contribution in [-0.2, 0) is 22.4 Å². The van der Waals surface area contributed by atoms with Crippen molar-refractivity contribution in [3.05, 3.63) is 64.7 Å². The molecule has 0 aliphatic heterocycles. The summed E-state index contributed by atoms with van der Waals surface area (Å²) in [4.78, 5) is 29.8. The average Bonchev–Trinajstić information content (AvgIpc) is 3.77. The Kier molecular flexibility index (Phi) is 20.3. The second-order valence-electron chi connectivity index (χ2n) is 9.57.